The van der Waals surface area contributed by atoms with Gasteiger partial charge in [-0.25, -0.2) is 0 Å². The van der Waals surface area contributed by atoms with Gasteiger partial charge in [0.15, 0.2) is 11.5 Å². The molecule has 1 fully saturated rings. The van der Waals surface area contributed by atoms with Gasteiger partial charge in [-0.05, 0) is 18.2 Å². The summed E-state index contributed by atoms with van der Waals surface area (Å²) in [5, 5.41) is 13.1. The van der Waals surface area contributed by atoms with Crippen LogP contribution in [0.3, 0.4) is 0 Å². The lowest BCUT2D eigenvalue weighted by molar-refractivity contribution is -0.0605. The highest BCUT2D eigenvalue weighted by Gasteiger charge is 2.30. The molecule has 6 nitrogen and oxygen atoms in total. The lowest BCUT2D eigenvalue weighted by Gasteiger charge is -2.32. The molecule has 0 saturated carbocycles. The maximum atomic E-state index is 12.1. The summed E-state index contributed by atoms with van der Waals surface area (Å²) in [6, 6.07) is 4.95. The molecule has 1 aliphatic rings. The van der Waals surface area contributed by atoms with Crippen molar-refractivity contribution in [2.45, 2.75) is 18.4 Å². The quantitative estimate of drug-likeness (QED) is 0.846. The Hall–Kier alpha value is -1.79. The van der Waals surface area contributed by atoms with Crippen LogP contribution in [-0.4, -0.2) is 50.6 Å². The standard InChI is InChI=1S/C15H21NO5/c1-19-12-4-3-11(9-13(12)20-2)14(17)16-10-15(18)5-7-21-8-6-15/h3-4,9,18H,5-8,10H2,1-2H3,(H,16,17). The monoisotopic (exact) mass is 295 g/mol. The van der Waals surface area contributed by atoms with Gasteiger partial charge in [0.05, 0.1) is 19.8 Å². The molecule has 116 valence electrons. The van der Waals surface area contributed by atoms with Crippen LogP contribution in [0.5, 0.6) is 11.5 Å². The predicted octanol–water partition coefficient (Wildman–Crippen LogP) is 0.975. The van der Waals surface area contributed by atoms with Crippen molar-refractivity contribution in [2.75, 3.05) is 34.0 Å². The molecule has 1 aromatic rings. The summed E-state index contributed by atoms with van der Waals surface area (Å²) in [6.07, 6.45) is 1.05. The number of benzene rings is 1. The largest absolute Gasteiger partial charge is 0.493 e. The number of rotatable bonds is 5. The maximum Gasteiger partial charge on any atom is 0.251 e. The second kappa shape index (κ2) is 6.78. The molecular formula is C15H21NO5. The van der Waals surface area contributed by atoms with E-state index in [9.17, 15) is 9.90 Å². The summed E-state index contributed by atoms with van der Waals surface area (Å²) in [6.45, 7) is 1.25. The minimum atomic E-state index is -0.884. The van der Waals surface area contributed by atoms with Crippen LogP contribution in [-0.2, 0) is 4.74 Å². The van der Waals surface area contributed by atoms with Crippen molar-refractivity contribution in [2.24, 2.45) is 0 Å². The molecule has 0 aliphatic carbocycles. The highest BCUT2D eigenvalue weighted by atomic mass is 16.5. The van der Waals surface area contributed by atoms with Crippen LogP contribution in [0.25, 0.3) is 0 Å². The Balaban J connectivity index is 2.00. The van der Waals surface area contributed by atoms with Crippen molar-refractivity contribution < 1.29 is 24.1 Å². The number of nitrogens with one attached hydrogen (secondary N) is 1. The van der Waals surface area contributed by atoms with E-state index in [4.69, 9.17) is 14.2 Å². The normalized spacial score (nSPS) is 17.1. The minimum Gasteiger partial charge on any atom is -0.493 e. The maximum absolute atomic E-state index is 12.1. The number of amides is 1. The van der Waals surface area contributed by atoms with E-state index in [-0.39, 0.29) is 12.5 Å². The molecule has 0 bridgehead atoms. The second-order valence-corrected chi connectivity index (χ2v) is 5.09. The van der Waals surface area contributed by atoms with E-state index < -0.39 is 5.60 Å². The molecule has 1 amide bonds. The van der Waals surface area contributed by atoms with Gasteiger partial charge in [0.1, 0.15) is 0 Å². The molecule has 1 saturated heterocycles. The Bertz CT molecular complexity index is 497. The van der Waals surface area contributed by atoms with Gasteiger partial charge in [-0.1, -0.05) is 0 Å². The third-order valence-corrected chi connectivity index (χ3v) is 3.65. The van der Waals surface area contributed by atoms with Crippen LogP contribution in [0, 0.1) is 0 Å². The predicted molar refractivity (Wildman–Crippen MR) is 76.9 cm³/mol. The van der Waals surface area contributed by atoms with Crippen LogP contribution < -0.4 is 14.8 Å². The fourth-order valence-corrected chi connectivity index (χ4v) is 2.25. The first-order chi connectivity index (χ1) is 10.1. The highest BCUT2D eigenvalue weighted by Crippen LogP contribution is 2.27. The Kier molecular flexibility index (Phi) is 5.03. The minimum absolute atomic E-state index is 0.212. The Morgan fingerprint density at radius 1 is 1.29 bits per heavy atom. The van der Waals surface area contributed by atoms with Gasteiger partial charge in [0, 0.05) is 38.2 Å². The number of hydrogen-bond donors (Lipinski definition) is 2. The molecule has 6 heteroatoms. The van der Waals surface area contributed by atoms with Gasteiger partial charge in [-0.15, -0.1) is 0 Å². The highest BCUT2D eigenvalue weighted by molar-refractivity contribution is 5.94. The first kappa shape index (κ1) is 15.6. The van der Waals surface area contributed by atoms with Crippen molar-refractivity contribution in [1.82, 2.24) is 5.32 Å². The van der Waals surface area contributed by atoms with E-state index in [1.807, 2.05) is 0 Å². The summed E-state index contributed by atoms with van der Waals surface area (Å²) < 4.78 is 15.5. The summed E-state index contributed by atoms with van der Waals surface area (Å²) in [7, 11) is 3.06. The topological polar surface area (TPSA) is 77.0 Å². The van der Waals surface area contributed by atoms with Crippen molar-refractivity contribution in [3.8, 4) is 11.5 Å². The molecule has 0 radical (unpaired) electrons. The van der Waals surface area contributed by atoms with E-state index in [0.717, 1.165) is 0 Å². The third-order valence-electron chi connectivity index (χ3n) is 3.65. The zero-order valence-electron chi connectivity index (χ0n) is 12.3. The van der Waals surface area contributed by atoms with E-state index in [1.54, 1.807) is 18.2 Å². The molecule has 21 heavy (non-hydrogen) atoms. The van der Waals surface area contributed by atoms with Crippen LogP contribution in [0.1, 0.15) is 23.2 Å². The lowest BCUT2D eigenvalue weighted by atomic mass is 9.94. The summed E-state index contributed by atoms with van der Waals surface area (Å²) in [5.41, 5.74) is -0.423. The number of hydrogen-bond acceptors (Lipinski definition) is 5. The fraction of sp³-hybridized carbons (Fsp3) is 0.533. The van der Waals surface area contributed by atoms with Gasteiger partial charge in [0.2, 0.25) is 0 Å². The Morgan fingerprint density at radius 3 is 2.57 bits per heavy atom. The number of carbonyl (C=O) groups excluding carboxylic acids is 1. The average Bonchev–Trinajstić information content (AvgIpc) is 2.52. The Labute approximate surface area is 124 Å². The fourth-order valence-electron chi connectivity index (χ4n) is 2.25. The molecule has 0 unspecified atom stereocenters. The molecule has 2 N–H and O–H groups in total. The van der Waals surface area contributed by atoms with Crippen molar-refractivity contribution in [1.29, 1.82) is 0 Å². The Morgan fingerprint density at radius 2 is 1.95 bits per heavy atom. The van der Waals surface area contributed by atoms with Crippen LogP contribution >= 0.6 is 0 Å². The third kappa shape index (κ3) is 3.86. The zero-order chi connectivity index (χ0) is 15.3. The zero-order valence-corrected chi connectivity index (χ0v) is 12.3. The van der Waals surface area contributed by atoms with Gasteiger partial charge in [0.25, 0.3) is 5.91 Å². The first-order valence-corrected chi connectivity index (χ1v) is 6.88. The number of ether oxygens (including phenoxy) is 3. The first-order valence-electron chi connectivity index (χ1n) is 6.88. The van der Waals surface area contributed by atoms with Gasteiger partial charge < -0.3 is 24.6 Å². The number of aliphatic hydroxyl groups is 1. The number of methoxy groups -OCH3 is 2. The molecule has 1 aromatic carbocycles. The molecule has 1 heterocycles. The molecule has 0 aromatic heterocycles. The summed E-state index contributed by atoms with van der Waals surface area (Å²) >= 11 is 0. The molecule has 0 atom stereocenters. The van der Waals surface area contributed by atoms with E-state index in [0.29, 0.717) is 43.1 Å². The van der Waals surface area contributed by atoms with Gasteiger partial charge in [-0.3, -0.25) is 4.79 Å². The van der Waals surface area contributed by atoms with Crippen molar-refractivity contribution >= 4 is 5.91 Å². The van der Waals surface area contributed by atoms with Crippen molar-refractivity contribution in [3.05, 3.63) is 23.8 Å². The molecular weight excluding hydrogens is 274 g/mol. The van der Waals surface area contributed by atoms with E-state index in [2.05, 4.69) is 5.32 Å². The van der Waals surface area contributed by atoms with Gasteiger partial charge >= 0.3 is 0 Å². The molecule has 2 rings (SSSR count). The number of carbonyl (C=O) groups is 1. The van der Waals surface area contributed by atoms with E-state index >= 15 is 0 Å². The summed E-state index contributed by atoms with van der Waals surface area (Å²) in [5.74, 6) is 0.808. The van der Waals surface area contributed by atoms with Gasteiger partial charge in [-0.2, -0.15) is 0 Å². The smallest absolute Gasteiger partial charge is 0.251 e. The SMILES string of the molecule is COc1ccc(C(=O)NCC2(O)CCOCC2)cc1OC. The van der Waals surface area contributed by atoms with Crippen molar-refractivity contribution in [3.63, 3.8) is 0 Å². The van der Waals surface area contributed by atoms with Crippen LogP contribution in [0.4, 0.5) is 0 Å². The van der Waals surface area contributed by atoms with Crippen LogP contribution in [0.2, 0.25) is 0 Å². The average molecular weight is 295 g/mol. The molecule has 1 aliphatic heterocycles. The van der Waals surface area contributed by atoms with Crippen LogP contribution in [0.15, 0.2) is 18.2 Å². The van der Waals surface area contributed by atoms with E-state index in [1.165, 1.54) is 14.2 Å². The lowest BCUT2D eigenvalue weighted by Crippen LogP contribution is -2.46. The second-order valence-electron chi connectivity index (χ2n) is 5.09. The summed E-state index contributed by atoms with van der Waals surface area (Å²) in [4.78, 5) is 12.1. The molecule has 0 spiro atoms.